The van der Waals surface area contributed by atoms with Gasteiger partial charge >= 0.3 is 0 Å². The quantitative estimate of drug-likeness (QED) is 0.820. The normalized spacial score (nSPS) is 11.9. The smallest absolute Gasteiger partial charge is 0.246 e. The molecule has 0 aliphatic carbocycles. The van der Waals surface area contributed by atoms with Crippen LogP contribution in [0.5, 0.6) is 0 Å². The fourth-order valence-electron chi connectivity index (χ4n) is 2.24. The molecule has 2 N–H and O–H groups in total. The molecule has 116 valence electrons. The van der Waals surface area contributed by atoms with E-state index in [1.807, 2.05) is 58.0 Å². The van der Waals surface area contributed by atoms with E-state index < -0.39 is 0 Å². The number of amides is 1. The maximum absolute atomic E-state index is 12.3. The summed E-state index contributed by atoms with van der Waals surface area (Å²) >= 11 is 3.48. The van der Waals surface area contributed by atoms with E-state index in [4.69, 9.17) is 0 Å². The molecular formula is C18H21BrN2O. The summed E-state index contributed by atoms with van der Waals surface area (Å²) in [5, 5.41) is 6.20. The molecule has 0 saturated carbocycles. The summed E-state index contributed by atoms with van der Waals surface area (Å²) in [7, 11) is 0. The topological polar surface area (TPSA) is 41.1 Å². The number of anilines is 2. The number of aryl methyl sites for hydroxylation is 3. The molecule has 0 aliphatic rings. The molecule has 1 atom stereocenters. The van der Waals surface area contributed by atoms with Gasteiger partial charge in [0.05, 0.1) is 0 Å². The van der Waals surface area contributed by atoms with Crippen LogP contribution in [0.25, 0.3) is 0 Å². The lowest BCUT2D eigenvalue weighted by molar-refractivity contribution is -0.116. The second kappa shape index (κ2) is 6.97. The van der Waals surface area contributed by atoms with Gasteiger partial charge in [-0.05, 0) is 63.1 Å². The Kier molecular flexibility index (Phi) is 5.24. The molecule has 0 saturated heterocycles. The van der Waals surface area contributed by atoms with E-state index in [0.717, 1.165) is 27.0 Å². The van der Waals surface area contributed by atoms with Crippen LogP contribution in [-0.4, -0.2) is 11.9 Å². The number of hydrogen-bond acceptors (Lipinski definition) is 2. The molecule has 1 unspecified atom stereocenters. The third kappa shape index (κ3) is 4.10. The van der Waals surface area contributed by atoms with Crippen molar-refractivity contribution in [3.8, 4) is 0 Å². The summed E-state index contributed by atoms with van der Waals surface area (Å²) in [6.45, 7) is 7.92. The van der Waals surface area contributed by atoms with Gasteiger partial charge in [0.15, 0.2) is 0 Å². The Hall–Kier alpha value is -1.81. The number of nitrogens with one attached hydrogen (secondary N) is 2. The Labute approximate surface area is 140 Å². The second-order valence-corrected chi connectivity index (χ2v) is 6.49. The summed E-state index contributed by atoms with van der Waals surface area (Å²) in [4.78, 5) is 12.3. The van der Waals surface area contributed by atoms with E-state index >= 15 is 0 Å². The van der Waals surface area contributed by atoms with Gasteiger partial charge in [-0.15, -0.1) is 0 Å². The predicted octanol–water partition coefficient (Wildman–Crippen LogP) is 4.81. The molecule has 0 aliphatic heterocycles. The molecule has 4 heteroatoms. The Morgan fingerprint density at radius 2 is 1.77 bits per heavy atom. The van der Waals surface area contributed by atoms with Gasteiger partial charge in [0.2, 0.25) is 5.91 Å². The van der Waals surface area contributed by atoms with Gasteiger partial charge in [-0.2, -0.15) is 0 Å². The largest absolute Gasteiger partial charge is 0.374 e. The van der Waals surface area contributed by atoms with Crippen molar-refractivity contribution in [1.29, 1.82) is 0 Å². The van der Waals surface area contributed by atoms with E-state index in [1.165, 1.54) is 5.56 Å². The van der Waals surface area contributed by atoms with Crippen LogP contribution < -0.4 is 10.6 Å². The van der Waals surface area contributed by atoms with Crippen molar-refractivity contribution in [1.82, 2.24) is 0 Å². The zero-order valence-corrected chi connectivity index (χ0v) is 14.9. The highest BCUT2D eigenvalue weighted by molar-refractivity contribution is 9.10. The summed E-state index contributed by atoms with van der Waals surface area (Å²) in [5.41, 5.74) is 5.18. The fraction of sp³-hybridized carbons (Fsp3) is 0.278. The summed E-state index contributed by atoms with van der Waals surface area (Å²) < 4.78 is 1.06. The third-order valence-corrected chi connectivity index (χ3v) is 4.46. The fourth-order valence-corrected chi connectivity index (χ4v) is 2.49. The lowest BCUT2D eigenvalue weighted by Crippen LogP contribution is -2.32. The molecule has 22 heavy (non-hydrogen) atoms. The lowest BCUT2D eigenvalue weighted by Gasteiger charge is -2.17. The Bertz CT molecular complexity index is 697. The Morgan fingerprint density at radius 3 is 2.41 bits per heavy atom. The first kappa shape index (κ1) is 16.6. The van der Waals surface area contributed by atoms with Crippen molar-refractivity contribution >= 4 is 33.2 Å². The number of halogens is 1. The average Bonchev–Trinajstić information content (AvgIpc) is 2.45. The predicted molar refractivity (Wildman–Crippen MR) is 96.5 cm³/mol. The van der Waals surface area contributed by atoms with Crippen LogP contribution in [0.1, 0.15) is 23.6 Å². The van der Waals surface area contributed by atoms with Crippen molar-refractivity contribution in [2.75, 3.05) is 10.6 Å². The molecule has 0 fully saturated rings. The summed E-state index contributed by atoms with van der Waals surface area (Å²) in [5.74, 6) is -0.0486. The number of rotatable bonds is 4. The molecule has 0 radical (unpaired) electrons. The van der Waals surface area contributed by atoms with Gasteiger partial charge < -0.3 is 10.6 Å². The molecule has 2 aromatic rings. The Morgan fingerprint density at radius 1 is 1.05 bits per heavy atom. The number of benzene rings is 2. The molecule has 0 bridgehead atoms. The van der Waals surface area contributed by atoms with Crippen molar-refractivity contribution in [3.05, 3.63) is 57.6 Å². The average molecular weight is 361 g/mol. The van der Waals surface area contributed by atoms with Crippen molar-refractivity contribution in [2.24, 2.45) is 0 Å². The first-order valence-electron chi connectivity index (χ1n) is 7.27. The van der Waals surface area contributed by atoms with Crippen molar-refractivity contribution < 1.29 is 4.79 Å². The van der Waals surface area contributed by atoms with Gasteiger partial charge in [-0.3, -0.25) is 4.79 Å². The highest BCUT2D eigenvalue weighted by atomic mass is 79.9. The second-order valence-electron chi connectivity index (χ2n) is 5.64. The van der Waals surface area contributed by atoms with Crippen LogP contribution in [0.4, 0.5) is 11.4 Å². The minimum Gasteiger partial charge on any atom is -0.374 e. The molecule has 0 heterocycles. The minimum atomic E-state index is -0.318. The van der Waals surface area contributed by atoms with Crippen LogP contribution in [0, 0.1) is 20.8 Å². The highest BCUT2D eigenvalue weighted by Crippen LogP contribution is 2.21. The van der Waals surface area contributed by atoms with E-state index in [2.05, 4.69) is 32.6 Å². The molecule has 0 aromatic heterocycles. The first-order chi connectivity index (χ1) is 10.4. The van der Waals surface area contributed by atoms with Gasteiger partial charge in [-0.1, -0.05) is 33.6 Å². The van der Waals surface area contributed by atoms with Gasteiger partial charge in [0.25, 0.3) is 0 Å². The minimum absolute atomic E-state index is 0.0486. The third-order valence-electron chi connectivity index (χ3n) is 3.57. The highest BCUT2D eigenvalue weighted by Gasteiger charge is 2.14. The number of carbonyl (C=O) groups excluding carboxylic acids is 1. The van der Waals surface area contributed by atoms with Crippen LogP contribution >= 0.6 is 15.9 Å². The zero-order chi connectivity index (χ0) is 16.3. The van der Waals surface area contributed by atoms with Crippen LogP contribution in [0.3, 0.4) is 0 Å². The molecule has 1 amide bonds. The lowest BCUT2D eigenvalue weighted by atomic mass is 10.1. The number of carbonyl (C=O) groups is 1. The maximum atomic E-state index is 12.3. The van der Waals surface area contributed by atoms with Crippen LogP contribution in [0.2, 0.25) is 0 Å². The van der Waals surface area contributed by atoms with E-state index in [9.17, 15) is 4.79 Å². The zero-order valence-electron chi connectivity index (χ0n) is 13.3. The Balaban J connectivity index is 2.04. The van der Waals surface area contributed by atoms with E-state index in [1.54, 1.807) is 0 Å². The molecule has 0 spiro atoms. The summed E-state index contributed by atoms with van der Waals surface area (Å²) in [6.07, 6.45) is 0. The standard InChI is InChI=1S/C18H21BrN2O/c1-11-5-8-17(13(3)9-11)21-18(22)14(4)20-15-6-7-16(19)12(2)10-15/h5-10,14,20H,1-4H3,(H,21,22). The number of hydrogen-bond donors (Lipinski definition) is 2. The van der Waals surface area contributed by atoms with Crippen molar-refractivity contribution in [2.45, 2.75) is 33.7 Å². The van der Waals surface area contributed by atoms with Crippen molar-refractivity contribution in [3.63, 3.8) is 0 Å². The van der Waals surface area contributed by atoms with E-state index in [-0.39, 0.29) is 11.9 Å². The van der Waals surface area contributed by atoms with Crippen LogP contribution in [0.15, 0.2) is 40.9 Å². The first-order valence-corrected chi connectivity index (χ1v) is 8.07. The maximum Gasteiger partial charge on any atom is 0.246 e. The van der Waals surface area contributed by atoms with Gasteiger partial charge in [-0.25, -0.2) is 0 Å². The molecule has 2 aromatic carbocycles. The van der Waals surface area contributed by atoms with Gasteiger partial charge in [0, 0.05) is 15.8 Å². The summed E-state index contributed by atoms with van der Waals surface area (Å²) in [6, 6.07) is 11.6. The molecule has 3 nitrogen and oxygen atoms in total. The SMILES string of the molecule is Cc1ccc(NC(=O)C(C)Nc2ccc(Br)c(C)c2)c(C)c1. The van der Waals surface area contributed by atoms with Gasteiger partial charge in [0.1, 0.15) is 6.04 Å². The monoisotopic (exact) mass is 360 g/mol. The molecule has 2 rings (SSSR count). The molecular weight excluding hydrogens is 340 g/mol. The van der Waals surface area contributed by atoms with E-state index in [0.29, 0.717) is 0 Å². The van der Waals surface area contributed by atoms with Crippen LogP contribution in [-0.2, 0) is 4.79 Å².